The Kier molecular flexibility index (Phi) is 4.79. The second-order valence-corrected chi connectivity index (χ2v) is 4.26. The first-order valence-electron chi connectivity index (χ1n) is 6.25. The third-order valence-corrected chi connectivity index (χ3v) is 2.82. The van der Waals surface area contributed by atoms with E-state index in [1.807, 2.05) is 17.0 Å². The van der Waals surface area contributed by atoms with E-state index in [4.69, 9.17) is 5.26 Å². The minimum Gasteiger partial charge on any atom is -0.351 e. The number of hydrogen-bond donors (Lipinski definition) is 0. The molecule has 0 bridgehead atoms. The fraction of sp³-hybridized carbons (Fsp3) is 0.200. The predicted octanol–water partition coefficient (Wildman–Crippen LogP) is 2.21. The van der Waals surface area contributed by atoms with Gasteiger partial charge in [0.05, 0.1) is 12.5 Å². The zero-order valence-electron chi connectivity index (χ0n) is 10.9. The van der Waals surface area contributed by atoms with Gasteiger partial charge in [-0.15, -0.1) is 0 Å². The highest BCUT2D eigenvalue weighted by molar-refractivity contribution is 5.74. The summed E-state index contributed by atoms with van der Waals surface area (Å²) < 4.78 is 0. The summed E-state index contributed by atoms with van der Waals surface area (Å²) in [5.41, 5.74) is 1.59. The number of carbonyl (C=O) groups excluding carboxylic acids is 1. The third-order valence-electron chi connectivity index (χ3n) is 2.82. The Morgan fingerprint density at radius 2 is 2.20 bits per heavy atom. The van der Waals surface area contributed by atoms with Crippen molar-refractivity contribution in [1.29, 1.82) is 5.26 Å². The van der Waals surface area contributed by atoms with Gasteiger partial charge in [-0.3, -0.25) is 9.78 Å². The van der Waals surface area contributed by atoms with Crippen LogP contribution in [0.15, 0.2) is 42.9 Å². The number of aldehydes is 1. The fourth-order valence-electron chi connectivity index (χ4n) is 1.83. The van der Waals surface area contributed by atoms with Crippen LogP contribution in [0.4, 0.5) is 5.82 Å². The van der Waals surface area contributed by atoms with Crippen molar-refractivity contribution in [2.45, 2.75) is 13.0 Å². The van der Waals surface area contributed by atoms with Gasteiger partial charge in [0.1, 0.15) is 5.82 Å². The molecule has 0 aromatic carbocycles. The molecule has 0 unspecified atom stereocenters. The molecule has 5 nitrogen and oxygen atoms in total. The molecule has 0 saturated carbocycles. The number of nitrogens with zero attached hydrogens (tertiary/aromatic N) is 4. The molecular weight excluding hydrogens is 252 g/mol. The minimum atomic E-state index is 0.414. The van der Waals surface area contributed by atoms with Crippen molar-refractivity contribution in [2.75, 3.05) is 11.4 Å². The van der Waals surface area contributed by atoms with Crippen molar-refractivity contribution >= 4 is 12.1 Å². The number of anilines is 1. The Balaban J connectivity index is 2.17. The van der Waals surface area contributed by atoms with Gasteiger partial charge in [0.2, 0.25) is 0 Å². The lowest BCUT2D eigenvalue weighted by Crippen LogP contribution is -2.24. The topological polar surface area (TPSA) is 69.9 Å². The van der Waals surface area contributed by atoms with Crippen molar-refractivity contribution < 1.29 is 4.79 Å². The summed E-state index contributed by atoms with van der Waals surface area (Å²) >= 11 is 0. The monoisotopic (exact) mass is 266 g/mol. The maximum absolute atomic E-state index is 10.6. The molecular formula is C15H14N4O. The van der Waals surface area contributed by atoms with Crippen molar-refractivity contribution in [1.82, 2.24) is 9.97 Å². The summed E-state index contributed by atoms with van der Waals surface area (Å²) in [6, 6.07) is 9.50. The summed E-state index contributed by atoms with van der Waals surface area (Å²) in [6.07, 6.45) is 6.22. The number of carbonyl (C=O) groups is 1. The second kappa shape index (κ2) is 7.00. The molecule has 0 aliphatic rings. The van der Waals surface area contributed by atoms with E-state index >= 15 is 0 Å². The lowest BCUT2D eigenvalue weighted by molar-refractivity contribution is 0.112. The molecule has 0 aliphatic carbocycles. The lowest BCUT2D eigenvalue weighted by Gasteiger charge is -2.22. The molecule has 2 heterocycles. The first-order chi connectivity index (χ1) is 9.83. The van der Waals surface area contributed by atoms with Crippen LogP contribution in [-0.2, 0) is 6.54 Å². The third kappa shape index (κ3) is 3.62. The Labute approximate surface area is 117 Å². The number of rotatable bonds is 6. The summed E-state index contributed by atoms with van der Waals surface area (Å²) in [7, 11) is 0. The molecule has 2 aromatic heterocycles. The first-order valence-corrected chi connectivity index (χ1v) is 6.25. The molecule has 0 atom stereocenters. The van der Waals surface area contributed by atoms with Crippen molar-refractivity contribution in [2.24, 2.45) is 0 Å². The van der Waals surface area contributed by atoms with E-state index in [1.54, 1.807) is 24.5 Å². The molecule has 100 valence electrons. The maximum atomic E-state index is 10.6. The normalized spacial score (nSPS) is 9.75. The quantitative estimate of drug-likeness (QED) is 0.750. The number of nitriles is 1. The zero-order valence-corrected chi connectivity index (χ0v) is 10.9. The zero-order chi connectivity index (χ0) is 14.2. The molecule has 0 saturated heterocycles. The van der Waals surface area contributed by atoms with Crippen LogP contribution in [0.5, 0.6) is 0 Å². The van der Waals surface area contributed by atoms with Crippen molar-refractivity contribution in [3.8, 4) is 6.07 Å². The average Bonchev–Trinajstić information content (AvgIpc) is 2.52. The molecule has 2 rings (SSSR count). The second-order valence-electron chi connectivity index (χ2n) is 4.26. The highest BCUT2D eigenvalue weighted by Crippen LogP contribution is 2.14. The Bertz CT molecular complexity index is 590. The molecule has 0 fully saturated rings. The van der Waals surface area contributed by atoms with E-state index in [-0.39, 0.29) is 0 Å². The van der Waals surface area contributed by atoms with Crippen LogP contribution in [0, 0.1) is 11.3 Å². The van der Waals surface area contributed by atoms with Gasteiger partial charge in [0.15, 0.2) is 6.29 Å². The van der Waals surface area contributed by atoms with E-state index in [0.29, 0.717) is 25.1 Å². The molecule has 5 heteroatoms. The highest BCUT2D eigenvalue weighted by atomic mass is 16.1. The van der Waals surface area contributed by atoms with Gasteiger partial charge < -0.3 is 4.90 Å². The maximum Gasteiger partial charge on any atom is 0.151 e. The van der Waals surface area contributed by atoms with Crippen molar-refractivity contribution in [3.05, 3.63) is 54.0 Å². The van der Waals surface area contributed by atoms with Crippen LogP contribution in [0.1, 0.15) is 22.3 Å². The van der Waals surface area contributed by atoms with Gasteiger partial charge in [-0.1, -0.05) is 6.07 Å². The standard InChI is InChI=1S/C15H14N4O/c16-6-2-8-19(11-13-3-1-7-17-9-13)15-5-4-14(12-20)10-18-15/h1,3-5,7,9-10,12H,2,8,11H2. The van der Waals surface area contributed by atoms with Crippen LogP contribution >= 0.6 is 0 Å². The smallest absolute Gasteiger partial charge is 0.151 e. The predicted molar refractivity (Wildman–Crippen MR) is 75.1 cm³/mol. The van der Waals surface area contributed by atoms with E-state index in [2.05, 4.69) is 16.0 Å². The lowest BCUT2D eigenvalue weighted by atomic mass is 10.2. The highest BCUT2D eigenvalue weighted by Gasteiger charge is 2.08. The van der Waals surface area contributed by atoms with E-state index in [0.717, 1.165) is 17.7 Å². The van der Waals surface area contributed by atoms with E-state index in [1.165, 1.54) is 6.20 Å². The Hall–Kier alpha value is -2.74. The van der Waals surface area contributed by atoms with Gasteiger partial charge in [0.25, 0.3) is 0 Å². The van der Waals surface area contributed by atoms with Crippen LogP contribution in [0.2, 0.25) is 0 Å². The summed E-state index contributed by atoms with van der Waals surface area (Å²) in [4.78, 5) is 21.0. The number of pyridine rings is 2. The van der Waals surface area contributed by atoms with Gasteiger partial charge in [0, 0.05) is 37.2 Å². The fourth-order valence-corrected chi connectivity index (χ4v) is 1.83. The average molecular weight is 266 g/mol. The SMILES string of the molecule is N#CCCN(Cc1cccnc1)c1ccc(C=O)cn1. The van der Waals surface area contributed by atoms with Crippen LogP contribution in [0.25, 0.3) is 0 Å². The first kappa shape index (κ1) is 13.7. The molecule has 0 aliphatic heterocycles. The summed E-state index contributed by atoms with van der Waals surface area (Å²) in [5.74, 6) is 0.745. The summed E-state index contributed by atoms with van der Waals surface area (Å²) in [5, 5.41) is 8.75. The molecule has 0 radical (unpaired) electrons. The van der Waals surface area contributed by atoms with E-state index < -0.39 is 0 Å². The van der Waals surface area contributed by atoms with Gasteiger partial charge >= 0.3 is 0 Å². The molecule has 2 aromatic rings. The Morgan fingerprint density at radius 3 is 2.80 bits per heavy atom. The molecule has 0 spiro atoms. The minimum absolute atomic E-state index is 0.414. The largest absolute Gasteiger partial charge is 0.351 e. The van der Waals surface area contributed by atoms with Crippen LogP contribution in [0.3, 0.4) is 0 Å². The molecule has 0 amide bonds. The summed E-state index contributed by atoms with van der Waals surface area (Å²) in [6.45, 7) is 1.21. The number of hydrogen-bond acceptors (Lipinski definition) is 5. The van der Waals surface area contributed by atoms with Gasteiger partial charge in [-0.25, -0.2) is 4.98 Å². The van der Waals surface area contributed by atoms with Crippen LogP contribution in [-0.4, -0.2) is 22.8 Å². The van der Waals surface area contributed by atoms with Gasteiger partial charge in [-0.2, -0.15) is 5.26 Å². The molecule has 20 heavy (non-hydrogen) atoms. The van der Waals surface area contributed by atoms with Crippen LogP contribution < -0.4 is 4.90 Å². The van der Waals surface area contributed by atoms with E-state index in [9.17, 15) is 4.79 Å². The number of aromatic nitrogens is 2. The van der Waals surface area contributed by atoms with Crippen molar-refractivity contribution in [3.63, 3.8) is 0 Å². The molecule has 0 N–H and O–H groups in total. The van der Waals surface area contributed by atoms with Gasteiger partial charge in [-0.05, 0) is 23.8 Å². The Morgan fingerprint density at radius 1 is 1.30 bits per heavy atom.